The molecule has 0 amide bonds. The third kappa shape index (κ3) is 4.91. The normalized spacial score (nSPS) is 14.5. The van der Waals surface area contributed by atoms with Crippen molar-refractivity contribution in [1.29, 1.82) is 0 Å². The SMILES string of the molecule is O=S(=O)(c1cccc(OC(F)(F)F)c1)N1CCc2c(ccnc2Nc2cnc3ccccc3c2)C1. The molecule has 1 aliphatic heterocycles. The van der Waals surface area contributed by atoms with Gasteiger partial charge in [0.1, 0.15) is 11.6 Å². The summed E-state index contributed by atoms with van der Waals surface area (Å²) >= 11 is 0. The van der Waals surface area contributed by atoms with Gasteiger partial charge in [0.25, 0.3) is 0 Å². The largest absolute Gasteiger partial charge is 0.573 e. The number of rotatable bonds is 5. The van der Waals surface area contributed by atoms with Gasteiger partial charge in [0.2, 0.25) is 10.0 Å². The number of benzene rings is 2. The Kier molecular flexibility index (Phi) is 5.81. The molecule has 7 nitrogen and oxygen atoms in total. The number of ether oxygens (including phenoxy) is 1. The number of hydrogen-bond acceptors (Lipinski definition) is 6. The van der Waals surface area contributed by atoms with Crippen LogP contribution in [0.1, 0.15) is 11.1 Å². The summed E-state index contributed by atoms with van der Waals surface area (Å²) in [5.41, 5.74) is 3.25. The summed E-state index contributed by atoms with van der Waals surface area (Å²) < 4.78 is 69.1. The van der Waals surface area contributed by atoms with Crippen molar-refractivity contribution in [1.82, 2.24) is 14.3 Å². The summed E-state index contributed by atoms with van der Waals surface area (Å²) in [6, 6.07) is 15.8. The maximum Gasteiger partial charge on any atom is 0.573 e. The molecule has 11 heteroatoms. The van der Waals surface area contributed by atoms with Gasteiger partial charge in [0.05, 0.1) is 22.3 Å². The van der Waals surface area contributed by atoms with Gasteiger partial charge in [-0.2, -0.15) is 4.31 Å². The minimum Gasteiger partial charge on any atom is -0.406 e. The van der Waals surface area contributed by atoms with Crippen molar-refractivity contribution in [2.24, 2.45) is 0 Å². The smallest absolute Gasteiger partial charge is 0.406 e. The molecule has 0 spiro atoms. The first kappa shape index (κ1) is 23.1. The van der Waals surface area contributed by atoms with Crippen LogP contribution >= 0.6 is 0 Å². The van der Waals surface area contributed by atoms with E-state index >= 15 is 0 Å². The van der Waals surface area contributed by atoms with Crippen molar-refractivity contribution >= 4 is 32.4 Å². The Hall–Kier alpha value is -3.70. The van der Waals surface area contributed by atoms with Crippen molar-refractivity contribution in [3.63, 3.8) is 0 Å². The van der Waals surface area contributed by atoms with Crippen LogP contribution in [0.25, 0.3) is 10.9 Å². The van der Waals surface area contributed by atoms with E-state index in [-0.39, 0.29) is 18.0 Å². The van der Waals surface area contributed by atoms with Crippen LogP contribution in [0.15, 0.2) is 78.0 Å². The van der Waals surface area contributed by atoms with E-state index in [4.69, 9.17) is 0 Å². The second-order valence-corrected chi connectivity index (χ2v) is 9.89. The lowest BCUT2D eigenvalue weighted by molar-refractivity contribution is -0.274. The van der Waals surface area contributed by atoms with Crippen LogP contribution < -0.4 is 10.1 Å². The third-order valence-electron chi connectivity index (χ3n) is 5.64. The number of anilines is 2. The molecule has 1 aliphatic rings. The second-order valence-electron chi connectivity index (χ2n) is 7.95. The van der Waals surface area contributed by atoms with Gasteiger partial charge in [-0.25, -0.2) is 13.4 Å². The molecule has 0 bridgehead atoms. The number of para-hydroxylation sites is 1. The van der Waals surface area contributed by atoms with E-state index in [2.05, 4.69) is 20.0 Å². The molecule has 0 aliphatic carbocycles. The van der Waals surface area contributed by atoms with Crippen molar-refractivity contribution < 1.29 is 26.3 Å². The zero-order valence-electron chi connectivity index (χ0n) is 18.2. The Balaban J connectivity index is 1.38. The first-order chi connectivity index (χ1) is 16.7. The minimum atomic E-state index is -4.91. The number of halogens is 3. The summed E-state index contributed by atoms with van der Waals surface area (Å²) in [6.45, 7) is 0.214. The summed E-state index contributed by atoms with van der Waals surface area (Å²) in [5.74, 6) is 0.0212. The Labute approximate surface area is 199 Å². The standard InChI is InChI=1S/C24H19F3N4O3S/c25-24(26,27)34-19-5-3-6-20(13-19)35(32,33)31-11-9-21-17(15-31)8-10-28-23(21)30-18-12-16-4-1-2-7-22(16)29-14-18/h1-8,10,12-14H,9,11,15H2,(H,28,30). The molecular weight excluding hydrogens is 481 g/mol. The van der Waals surface area contributed by atoms with Gasteiger partial charge in [-0.3, -0.25) is 4.98 Å². The van der Waals surface area contributed by atoms with Crippen LogP contribution in [0.2, 0.25) is 0 Å². The maximum atomic E-state index is 13.2. The number of aromatic nitrogens is 2. The average Bonchev–Trinajstić information content (AvgIpc) is 2.83. The quantitative estimate of drug-likeness (QED) is 0.414. The highest BCUT2D eigenvalue weighted by Gasteiger charge is 2.33. The van der Waals surface area contributed by atoms with E-state index in [1.54, 1.807) is 18.5 Å². The predicted molar refractivity (Wildman–Crippen MR) is 124 cm³/mol. The molecule has 0 saturated carbocycles. The number of fused-ring (bicyclic) bond motifs is 2. The summed E-state index contributed by atoms with van der Waals surface area (Å²) in [6.07, 6.45) is -1.24. The first-order valence-electron chi connectivity index (χ1n) is 10.6. The van der Waals surface area contributed by atoms with Crippen LogP contribution in [-0.4, -0.2) is 35.6 Å². The van der Waals surface area contributed by atoms with E-state index in [1.807, 2.05) is 30.3 Å². The maximum absolute atomic E-state index is 13.2. The molecular formula is C24H19F3N4O3S. The van der Waals surface area contributed by atoms with E-state index in [1.165, 1.54) is 16.4 Å². The average molecular weight is 501 g/mol. The van der Waals surface area contributed by atoms with Crippen LogP contribution in [0, 0.1) is 0 Å². The van der Waals surface area contributed by atoms with Gasteiger partial charge >= 0.3 is 6.36 Å². The number of hydrogen-bond donors (Lipinski definition) is 1. The molecule has 180 valence electrons. The van der Waals surface area contributed by atoms with E-state index < -0.39 is 22.1 Å². The molecule has 35 heavy (non-hydrogen) atoms. The van der Waals surface area contributed by atoms with Crippen molar-refractivity contribution in [3.8, 4) is 5.75 Å². The lowest BCUT2D eigenvalue weighted by Crippen LogP contribution is -2.36. The number of nitrogens with one attached hydrogen (secondary N) is 1. The Bertz CT molecular complexity index is 1510. The van der Waals surface area contributed by atoms with Crippen LogP contribution in [0.5, 0.6) is 5.75 Å². The fraction of sp³-hybridized carbons (Fsp3) is 0.167. The summed E-state index contributed by atoms with van der Waals surface area (Å²) in [7, 11) is -4.04. The van der Waals surface area contributed by atoms with Crippen LogP contribution in [0.4, 0.5) is 24.7 Å². The molecule has 4 aromatic rings. The lowest BCUT2D eigenvalue weighted by Gasteiger charge is -2.29. The minimum absolute atomic E-state index is 0.0647. The lowest BCUT2D eigenvalue weighted by atomic mass is 10.0. The summed E-state index contributed by atoms with van der Waals surface area (Å²) in [5, 5.41) is 4.24. The van der Waals surface area contributed by atoms with E-state index in [9.17, 15) is 21.6 Å². The van der Waals surface area contributed by atoms with Crippen molar-refractivity contribution in [2.75, 3.05) is 11.9 Å². The van der Waals surface area contributed by atoms with Gasteiger partial charge in [-0.05, 0) is 42.3 Å². The fourth-order valence-electron chi connectivity index (χ4n) is 4.03. The molecule has 0 saturated heterocycles. The number of pyridine rings is 2. The highest BCUT2D eigenvalue weighted by Crippen LogP contribution is 2.32. The number of nitrogens with zero attached hydrogens (tertiary/aromatic N) is 3. The van der Waals surface area contributed by atoms with Gasteiger partial charge < -0.3 is 10.1 Å². The highest BCUT2D eigenvalue weighted by molar-refractivity contribution is 7.89. The molecule has 2 aromatic heterocycles. The topological polar surface area (TPSA) is 84.4 Å². The van der Waals surface area contributed by atoms with Gasteiger partial charge in [-0.1, -0.05) is 24.3 Å². The molecule has 3 heterocycles. The van der Waals surface area contributed by atoms with Crippen molar-refractivity contribution in [2.45, 2.75) is 24.2 Å². The van der Waals surface area contributed by atoms with Crippen molar-refractivity contribution in [3.05, 3.63) is 84.2 Å². The van der Waals surface area contributed by atoms with Gasteiger partial charge in [-0.15, -0.1) is 13.2 Å². The van der Waals surface area contributed by atoms with E-state index in [0.717, 1.165) is 39.8 Å². The van der Waals surface area contributed by atoms with Crippen LogP contribution in [0.3, 0.4) is 0 Å². The molecule has 1 N–H and O–H groups in total. The Morgan fingerprint density at radius 2 is 1.83 bits per heavy atom. The second kappa shape index (κ2) is 8.82. The number of alkyl halides is 3. The molecule has 0 radical (unpaired) electrons. The third-order valence-corrected chi connectivity index (χ3v) is 7.48. The van der Waals surface area contributed by atoms with Gasteiger partial charge in [0.15, 0.2) is 0 Å². The fourth-order valence-corrected chi connectivity index (χ4v) is 5.49. The van der Waals surface area contributed by atoms with Gasteiger partial charge in [0, 0.05) is 36.3 Å². The van der Waals surface area contributed by atoms with Crippen LogP contribution in [-0.2, 0) is 23.0 Å². The molecule has 2 aromatic carbocycles. The molecule has 0 atom stereocenters. The zero-order valence-corrected chi connectivity index (χ0v) is 19.0. The molecule has 0 fully saturated rings. The monoisotopic (exact) mass is 500 g/mol. The Morgan fingerprint density at radius 3 is 2.66 bits per heavy atom. The zero-order chi connectivity index (χ0) is 24.6. The highest BCUT2D eigenvalue weighted by atomic mass is 32.2. The first-order valence-corrected chi connectivity index (χ1v) is 12.1. The summed E-state index contributed by atoms with van der Waals surface area (Å²) in [4.78, 5) is 8.60. The predicted octanol–water partition coefficient (Wildman–Crippen LogP) is 5.02. The number of sulfonamides is 1. The Morgan fingerprint density at radius 1 is 1.00 bits per heavy atom. The van der Waals surface area contributed by atoms with E-state index in [0.29, 0.717) is 12.2 Å². The molecule has 0 unspecified atom stereocenters. The molecule has 5 rings (SSSR count).